The molecule has 3 aromatic carbocycles. The van der Waals surface area contributed by atoms with E-state index in [9.17, 15) is 4.79 Å². The van der Waals surface area contributed by atoms with E-state index in [0.29, 0.717) is 24.6 Å². The third-order valence-electron chi connectivity index (χ3n) is 6.04. The lowest BCUT2D eigenvalue weighted by Crippen LogP contribution is -2.24. The summed E-state index contributed by atoms with van der Waals surface area (Å²) in [5.41, 5.74) is 6.71. The van der Waals surface area contributed by atoms with Gasteiger partial charge in [0.15, 0.2) is 0 Å². The van der Waals surface area contributed by atoms with Gasteiger partial charge in [-0.2, -0.15) is 0 Å². The molecule has 0 aliphatic rings. The first kappa shape index (κ1) is 25.5. The van der Waals surface area contributed by atoms with Crippen LogP contribution in [0.25, 0.3) is 23.1 Å². The molecule has 0 atom stereocenters. The van der Waals surface area contributed by atoms with Gasteiger partial charge in [0.05, 0.1) is 32.2 Å². The molecule has 2 N–H and O–H groups in total. The molecule has 1 aromatic heterocycles. The number of methoxy groups -OCH3 is 2. The van der Waals surface area contributed by atoms with E-state index in [2.05, 4.69) is 54.1 Å². The van der Waals surface area contributed by atoms with Crippen molar-refractivity contribution in [1.82, 2.24) is 10.3 Å². The number of nitrogens with one attached hydrogen (secondary N) is 2. The lowest BCUT2D eigenvalue weighted by molar-refractivity contribution is -0.116. The van der Waals surface area contributed by atoms with Gasteiger partial charge in [-0.1, -0.05) is 60.7 Å². The van der Waals surface area contributed by atoms with Crippen molar-refractivity contribution in [3.8, 4) is 11.5 Å². The number of rotatable bonds is 10. The summed E-state index contributed by atoms with van der Waals surface area (Å²) < 4.78 is 10.6. The Morgan fingerprint density at radius 2 is 1.84 bits per heavy atom. The summed E-state index contributed by atoms with van der Waals surface area (Å²) in [5.74, 6) is 1.14. The number of carbonyl (C=O) groups excluding carboxylic acids is 1. The van der Waals surface area contributed by atoms with Gasteiger partial charge in [0.2, 0.25) is 5.91 Å². The first-order chi connectivity index (χ1) is 18.0. The van der Waals surface area contributed by atoms with Gasteiger partial charge in [-0.15, -0.1) is 0 Å². The highest BCUT2D eigenvalue weighted by Crippen LogP contribution is 2.27. The van der Waals surface area contributed by atoms with Crippen molar-refractivity contribution in [2.45, 2.75) is 6.92 Å². The number of hydrogen-bond acceptors (Lipinski definition) is 4. The van der Waals surface area contributed by atoms with Gasteiger partial charge in [-0.25, -0.2) is 0 Å². The minimum Gasteiger partial charge on any atom is -0.497 e. The predicted octanol–water partition coefficient (Wildman–Crippen LogP) is 5.80. The molecule has 37 heavy (non-hydrogen) atoms. The van der Waals surface area contributed by atoms with Gasteiger partial charge in [0.1, 0.15) is 11.5 Å². The van der Waals surface area contributed by atoms with Gasteiger partial charge in [-0.3, -0.25) is 9.79 Å². The van der Waals surface area contributed by atoms with Crippen molar-refractivity contribution < 1.29 is 14.3 Å². The van der Waals surface area contributed by atoms with Gasteiger partial charge in [-0.05, 0) is 37.3 Å². The predicted molar refractivity (Wildman–Crippen MR) is 152 cm³/mol. The highest BCUT2D eigenvalue weighted by molar-refractivity contribution is 6.16. The lowest BCUT2D eigenvalue weighted by atomic mass is 10.0. The van der Waals surface area contributed by atoms with Crippen molar-refractivity contribution in [1.29, 1.82) is 0 Å². The normalized spacial score (nSPS) is 11.6. The molecule has 0 aliphatic heterocycles. The molecule has 0 saturated heterocycles. The number of carbonyl (C=O) groups is 1. The van der Waals surface area contributed by atoms with Crippen molar-refractivity contribution >= 4 is 34.7 Å². The minimum atomic E-state index is -0.214. The van der Waals surface area contributed by atoms with Crippen LogP contribution >= 0.6 is 0 Å². The highest BCUT2D eigenvalue weighted by Gasteiger charge is 2.16. The largest absolute Gasteiger partial charge is 0.497 e. The molecule has 0 bridgehead atoms. The second-order valence-corrected chi connectivity index (χ2v) is 8.49. The zero-order valence-electron chi connectivity index (χ0n) is 21.4. The number of ether oxygens (including phenoxy) is 2. The van der Waals surface area contributed by atoms with Crippen molar-refractivity contribution in [2.24, 2.45) is 4.99 Å². The van der Waals surface area contributed by atoms with Crippen LogP contribution in [0.4, 0.5) is 0 Å². The molecule has 0 fully saturated rings. The third kappa shape index (κ3) is 5.98. The van der Waals surface area contributed by atoms with Crippen LogP contribution in [0.3, 0.4) is 0 Å². The summed E-state index contributed by atoms with van der Waals surface area (Å²) in [6, 6.07) is 21.8. The summed E-state index contributed by atoms with van der Waals surface area (Å²) in [7, 11) is 3.19. The molecule has 0 aliphatic carbocycles. The third-order valence-corrected chi connectivity index (χ3v) is 6.04. The van der Waals surface area contributed by atoms with Gasteiger partial charge in [0, 0.05) is 40.2 Å². The maximum Gasteiger partial charge on any atom is 0.244 e. The fourth-order valence-corrected chi connectivity index (χ4v) is 4.13. The Labute approximate surface area is 217 Å². The Balaban J connectivity index is 1.52. The molecule has 6 nitrogen and oxygen atoms in total. The number of amides is 1. The molecular formula is C31H31N3O3. The number of benzene rings is 3. The fourth-order valence-electron chi connectivity index (χ4n) is 4.13. The zero-order valence-corrected chi connectivity index (χ0v) is 21.4. The second kappa shape index (κ2) is 11.9. The average Bonchev–Trinajstić information content (AvgIpc) is 3.30. The standard InChI is InChI=1S/C31H31N3O3/c1-5-25-26-8-6-7-9-27(26)34-31(25)30(22-12-10-21(2)11-13-22)33-19-18-32-29(35)17-14-23-20-24(36-3)15-16-28(23)37-4/h5-17,20,34H,1,18-19H2,2-4H3,(H,32,35)/b17-14+,33-30-. The topological polar surface area (TPSA) is 75.7 Å². The van der Waals surface area contributed by atoms with Crippen LogP contribution in [0, 0.1) is 6.92 Å². The second-order valence-electron chi connectivity index (χ2n) is 8.49. The van der Waals surface area contributed by atoms with Crippen LogP contribution in [-0.4, -0.2) is 43.9 Å². The van der Waals surface area contributed by atoms with Crippen LogP contribution in [0.2, 0.25) is 0 Å². The summed E-state index contributed by atoms with van der Waals surface area (Å²) in [4.78, 5) is 20.9. The van der Waals surface area contributed by atoms with Crippen LogP contribution in [0.15, 0.2) is 84.4 Å². The maximum atomic E-state index is 12.5. The monoisotopic (exact) mass is 493 g/mol. The SMILES string of the molecule is C=Cc1c(/C(=N\CCNC(=O)/C=C/c2cc(OC)ccc2OC)c2ccc(C)cc2)[nH]c2ccccc12. The van der Waals surface area contributed by atoms with Crippen LogP contribution in [-0.2, 0) is 4.79 Å². The van der Waals surface area contributed by atoms with Crippen molar-refractivity contribution in [2.75, 3.05) is 27.3 Å². The maximum absolute atomic E-state index is 12.5. The Bertz CT molecular complexity index is 1460. The number of aliphatic imine (C=N–C) groups is 1. The molecule has 0 spiro atoms. The van der Waals surface area contributed by atoms with Crippen molar-refractivity contribution in [3.63, 3.8) is 0 Å². The first-order valence-electron chi connectivity index (χ1n) is 12.1. The quantitative estimate of drug-likeness (QED) is 0.166. The average molecular weight is 494 g/mol. The Morgan fingerprint density at radius 1 is 1.05 bits per heavy atom. The van der Waals surface area contributed by atoms with Gasteiger partial charge < -0.3 is 19.8 Å². The minimum absolute atomic E-state index is 0.214. The number of aromatic amines is 1. The number of H-pyrrole nitrogens is 1. The number of aromatic nitrogens is 1. The van der Waals surface area contributed by atoms with Gasteiger partial charge in [0.25, 0.3) is 0 Å². The molecule has 0 unspecified atom stereocenters. The van der Waals surface area contributed by atoms with E-state index in [1.807, 2.05) is 36.4 Å². The Morgan fingerprint density at radius 3 is 2.57 bits per heavy atom. The zero-order chi connectivity index (χ0) is 26.2. The molecule has 1 heterocycles. The smallest absolute Gasteiger partial charge is 0.244 e. The van der Waals surface area contributed by atoms with Gasteiger partial charge >= 0.3 is 0 Å². The number of nitrogens with zero attached hydrogens (tertiary/aromatic N) is 1. The molecule has 4 rings (SSSR count). The molecule has 188 valence electrons. The van der Waals surface area contributed by atoms with E-state index >= 15 is 0 Å². The summed E-state index contributed by atoms with van der Waals surface area (Å²) in [6.45, 7) is 6.89. The summed E-state index contributed by atoms with van der Waals surface area (Å²) in [6.07, 6.45) is 5.05. The Kier molecular flexibility index (Phi) is 8.21. The van der Waals surface area contributed by atoms with Crippen LogP contribution < -0.4 is 14.8 Å². The number of hydrogen-bond donors (Lipinski definition) is 2. The van der Waals surface area contributed by atoms with E-state index in [1.54, 1.807) is 26.4 Å². The molecule has 1 amide bonds. The fraction of sp³-hybridized carbons (Fsp3) is 0.161. The molecule has 0 saturated carbocycles. The summed E-state index contributed by atoms with van der Waals surface area (Å²) >= 11 is 0. The number of fused-ring (bicyclic) bond motifs is 1. The lowest BCUT2D eigenvalue weighted by Gasteiger charge is -2.09. The number of para-hydroxylation sites is 1. The highest BCUT2D eigenvalue weighted by atomic mass is 16.5. The number of aryl methyl sites for hydroxylation is 1. The summed E-state index contributed by atoms with van der Waals surface area (Å²) in [5, 5.41) is 4.00. The van der Waals surface area contributed by atoms with E-state index < -0.39 is 0 Å². The van der Waals surface area contributed by atoms with E-state index in [0.717, 1.165) is 39.0 Å². The molecule has 4 aromatic rings. The Hall–Kier alpha value is -4.58. The first-order valence-corrected chi connectivity index (χ1v) is 12.1. The van der Waals surface area contributed by atoms with E-state index in [-0.39, 0.29) is 5.91 Å². The van der Waals surface area contributed by atoms with Crippen molar-refractivity contribution in [3.05, 3.63) is 107 Å². The van der Waals surface area contributed by atoms with Crippen LogP contribution in [0.5, 0.6) is 11.5 Å². The molecule has 0 radical (unpaired) electrons. The van der Waals surface area contributed by atoms with Crippen LogP contribution in [0.1, 0.15) is 27.9 Å². The van der Waals surface area contributed by atoms with E-state index in [1.165, 1.54) is 11.6 Å². The molecule has 6 heteroatoms. The molecular weight excluding hydrogens is 462 g/mol. The van der Waals surface area contributed by atoms with E-state index in [4.69, 9.17) is 14.5 Å².